The van der Waals surface area contributed by atoms with Crippen LogP contribution in [0.4, 0.5) is 0 Å². The van der Waals surface area contributed by atoms with Gasteiger partial charge in [0.25, 0.3) is 5.91 Å². The van der Waals surface area contributed by atoms with Crippen LogP contribution in [0.3, 0.4) is 0 Å². The summed E-state index contributed by atoms with van der Waals surface area (Å²) in [4.78, 5) is 28.4. The fourth-order valence-corrected chi connectivity index (χ4v) is 2.66. The fourth-order valence-electron chi connectivity index (χ4n) is 2.66. The Labute approximate surface area is 118 Å². The third-order valence-electron chi connectivity index (χ3n) is 3.79. The molecule has 1 aromatic rings. The summed E-state index contributed by atoms with van der Waals surface area (Å²) in [5.41, 5.74) is 0.377. The molecule has 0 bridgehead atoms. The average Bonchev–Trinajstić information content (AvgIpc) is 2.83. The van der Waals surface area contributed by atoms with Gasteiger partial charge in [0.2, 0.25) is 5.91 Å². The Morgan fingerprint density at radius 3 is 2.85 bits per heavy atom. The Morgan fingerprint density at radius 2 is 2.25 bits per heavy atom. The van der Waals surface area contributed by atoms with Crippen LogP contribution in [0, 0.1) is 6.92 Å². The second-order valence-corrected chi connectivity index (χ2v) is 5.46. The molecule has 1 saturated heterocycles. The number of hydrogen-bond donors (Lipinski definition) is 3. The topological polar surface area (TPSA) is 85.4 Å². The first-order valence-corrected chi connectivity index (χ1v) is 6.81. The molecule has 0 spiro atoms. The van der Waals surface area contributed by atoms with Crippen molar-refractivity contribution in [3.63, 3.8) is 0 Å². The summed E-state index contributed by atoms with van der Waals surface area (Å²) >= 11 is 0. The number of β-amino-alcohol motifs (C(OH)–C–C–N with tert-alkyl or cyclic N) is 1. The molecule has 2 amide bonds. The van der Waals surface area contributed by atoms with Gasteiger partial charge >= 0.3 is 0 Å². The summed E-state index contributed by atoms with van der Waals surface area (Å²) in [5.74, 6) is -0.307. The Morgan fingerprint density at radius 1 is 1.50 bits per heavy atom. The van der Waals surface area contributed by atoms with Crippen LogP contribution >= 0.6 is 0 Å². The van der Waals surface area contributed by atoms with E-state index in [0.717, 1.165) is 5.56 Å². The summed E-state index contributed by atoms with van der Waals surface area (Å²) in [6.07, 6.45) is 4.70. The molecule has 0 aliphatic carbocycles. The molecule has 1 fully saturated rings. The number of hydrogen-bond acceptors (Lipinski definition) is 3. The lowest BCUT2D eigenvalue weighted by Crippen LogP contribution is -2.52. The number of piperidine rings is 1. The number of carbonyl (C=O) groups is 2. The number of aliphatic hydroxyl groups is 1. The first-order chi connectivity index (χ1) is 9.45. The van der Waals surface area contributed by atoms with Crippen molar-refractivity contribution in [3.05, 3.63) is 23.5 Å². The molecule has 110 valence electrons. The van der Waals surface area contributed by atoms with Crippen LogP contribution in [0.15, 0.2) is 12.4 Å². The van der Waals surface area contributed by atoms with Gasteiger partial charge in [-0.3, -0.25) is 9.59 Å². The Balaban J connectivity index is 2.09. The maximum atomic E-state index is 12.4. The maximum Gasteiger partial charge on any atom is 0.255 e. The summed E-state index contributed by atoms with van der Waals surface area (Å²) in [7, 11) is 1.54. The van der Waals surface area contributed by atoms with Crippen LogP contribution in [0.2, 0.25) is 0 Å². The van der Waals surface area contributed by atoms with Gasteiger partial charge in [-0.2, -0.15) is 0 Å². The molecule has 6 nitrogen and oxygen atoms in total. The van der Waals surface area contributed by atoms with E-state index < -0.39 is 5.60 Å². The minimum Gasteiger partial charge on any atom is -0.388 e. The largest absolute Gasteiger partial charge is 0.388 e. The second-order valence-electron chi connectivity index (χ2n) is 5.46. The zero-order valence-electron chi connectivity index (χ0n) is 11.9. The van der Waals surface area contributed by atoms with Crippen molar-refractivity contribution in [2.45, 2.75) is 31.8 Å². The number of likely N-dealkylation sites (tertiary alicyclic amines) is 1. The smallest absolute Gasteiger partial charge is 0.255 e. The third-order valence-corrected chi connectivity index (χ3v) is 3.79. The second kappa shape index (κ2) is 5.66. The highest BCUT2D eigenvalue weighted by Crippen LogP contribution is 2.26. The summed E-state index contributed by atoms with van der Waals surface area (Å²) in [5, 5.41) is 13.0. The Hall–Kier alpha value is -1.82. The molecule has 1 aliphatic heterocycles. The van der Waals surface area contributed by atoms with Gasteiger partial charge in [-0.15, -0.1) is 0 Å². The number of nitrogens with one attached hydrogen (secondary N) is 2. The van der Waals surface area contributed by atoms with Crippen molar-refractivity contribution < 1.29 is 14.7 Å². The van der Waals surface area contributed by atoms with Gasteiger partial charge in [0.05, 0.1) is 24.1 Å². The molecule has 1 aliphatic rings. The van der Waals surface area contributed by atoms with Crippen LogP contribution in [-0.4, -0.2) is 52.5 Å². The molecule has 0 radical (unpaired) electrons. The number of amides is 2. The molecule has 1 aromatic heterocycles. The van der Waals surface area contributed by atoms with E-state index in [4.69, 9.17) is 0 Å². The molecule has 2 rings (SSSR count). The average molecular weight is 279 g/mol. The van der Waals surface area contributed by atoms with E-state index >= 15 is 0 Å². The number of rotatable bonds is 3. The summed E-state index contributed by atoms with van der Waals surface area (Å²) < 4.78 is 0. The highest BCUT2D eigenvalue weighted by Gasteiger charge is 2.37. The molecule has 1 unspecified atom stereocenters. The van der Waals surface area contributed by atoms with Crippen LogP contribution < -0.4 is 5.32 Å². The molecular weight excluding hydrogens is 258 g/mol. The standard InChI is InChI=1S/C14H21N3O3/c1-10-7-16-8-11(10)13(19)17-5-3-4-14(20,9-17)6-12(18)15-2/h7-8,16,20H,3-6,9H2,1-2H3,(H,15,18). The van der Waals surface area contributed by atoms with Crippen molar-refractivity contribution in [1.82, 2.24) is 15.2 Å². The molecule has 2 heterocycles. The number of H-pyrrole nitrogens is 1. The predicted octanol–water partition coefficient (Wildman–Crippen LogP) is 0.426. The zero-order valence-corrected chi connectivity index (χ0v) is 11.9. The zero-order chi connectivity index (χ0) is 14.8. The van der Waals surface area contributed by atoms with Gasteiger partial charge < -0.3 is 20.3 Å². The number of aryl methyl sites for hydroxylation is 1. The van der Waals surface area contributed by atoms with E-state index in [-0.39, 0.29) is 24.8 Å². The van der Waals surface area contributed by atoms with Crippen LogP contribution in [0.1, 0.15) is 35.2 Å². The lowest BCUT2D eigenvalue weighted by molar-refractivity contribution is -0.127. The summed E-state index contributed by atoms with van der Waals surface area (Å²) in [6, 6.07) is 0. The lowest BCUT2D eigenvalue weighted by atomic mass is 9.89. The normalized spacial score (nSPS) is 22.6. The molecule has 20 heavy (non-hydrogen) atoms. The SMILES string of the molecule is CNC(=O)CC1(O)CCCN(C(=O)c2c[nH]cc2C)C1. The summed E-state index contributed by atoms with van der Waals surface area (Å²) in [6.45, 7) is 2.67. The highest BCUT2D eigenvalue weighted by atomic mass is 16.3. The Bertz CT molecular complexity index is 512. The van der Waals surface area contributed by atoms with E-state index in [9.17, 15) is 14.7 Å². The van der Waals surface area contributed by atoms with Crippen molar-refractivity contribution in [1.29, 1.82) is 0 Å². The van der Waals surface area contributed by atoms with E-state index in [0.29, 0.717) is 24.9 Å². The minimum atomic E-state index is -1.13. The first kappa shape index (κ1) is 14.6. The first-order valence-electron chi connectivity index (χ1n) is 6.81. The van der Waals surface area contributed by atoms with Gasteiger partial charge in [0.1, 0.15) is 0 Å². The maximum absolute atomic E-state index is 12.4. The molecule has 3 N–H and O–H groups in total. The van der Waals surface area contributed by atoms with Gasteiger partial charge in [-0.05, 0) is 25.3 Å². The molecule has 0 saturated carbocycles. The molecule has 1 atom stereocenters. The highest BCUT2D eigenvalue weighted by molar-refractivity contribution is 5.95. The number of carbonyl (C=O) groups excluding carboxylic acids is 2. The number of nitrogens with zero attached hydrogens (tertiary/aromatic N) is 1. The van der Waals surface area contributed by atoms with Crippen molar-refractivity contribution >= 4 is 11.8 Å². The van der Waals surface area contributed by atoms with Crippen LogP contribution in [0.25, 0.3) is 0 Å². The molecule has 0 aromatic carbocycles. The monoisotopic (exact) mass is 279 g/mol. The van der Waals surface area contributed by atoms with Crippen molar-refractivity contribution in [3.8, 4) is 0 Å². The Kier molecular flexibility index (Phi) is 4.13. The fraction of sp³-hybridized carbons (Fsp3) is 0.571. The van der Waals surface area contributed by atoms with Crippen molar-refractivity contribution in [2.75, 3.05) is 20.1 Å². The third kappa shape index (κ3) is 3.01. The lowest BCUT2D eigenvalue weighted by Gasteiger charge is -2.38. The predicted molar refractivity (Wildman–Crippen MR) is 74.3 cm³/mol. The van der Waals surface area contributed by atoms with Gasteiger partial charge in [0, 0.05) is 26.0 Å². The quantitative estimate of drug-likeness (QED) is 0.750. The van der Waals surface area contributed by atoms with Gasteiger partial charge in [0.15, 0.2) is 0 Å². The van der Waals surface area contributed by atoms with Crippen LogP contribution in [-0.2, 0) is 4.79 Å². The number of aromatic nitrogens is 1. The number of aromatic amines is 1. The van der Waals surface area contributed by atoms with Crippen molar-refractivity contribution in [2.24, 2.45) is 0 Å². The molecule has 6 heteroatoms. The van der Waals surface area contributed by atoms with E-state index in [1.807, 2.05) is 6.92 Å². The van der Waals surface area contributed by atoms with Crippen LogP contribution in [0.5, 0.6) is 0 Å². The van der Waals surface area contributed by atoms with E-state index in [1.165, 1.54) is 0 Å². The molecular formula is C14H21N3O3. The van der Waals surface area contributed by atoms with E-state index in [2.05, 4.69) is 10.3 Å². The van der Waals surface area contributed by atoms with Gasteiger partial charge in [-0.1, -0.05) is 0 Å². The minimum absolute atomic E-state index is 0.0272. The van der Waals surface area contributed by atoms with E-state index in [1.54, 1.807) is 24.3 Å². The van der Waals surface area contributed by atoms with Gasteiger partial charge in [-0.25, -0.2) is 0 Å².